The van der Waals surface area contributed by atoms with Crippen molar-refractivity contribution in [2.45, 2.75) is 0 Å². The largest absolute Gasteiger partial charge is 0.508 e. The second-order valence-electron chi connectivity index (χ2n) is 6.03. The summed E-state index contributed by atoms with van der Waals surface area (Å²) in [6.07, 6.45) is 1.46. The summed E-state index contributed by atoms with van der Waals surface area (Å²) < 4.78 is 0.980. The fourth-order valence-corrected chi connectivity index (χ4v) is 2.96. The minimum absolute atomic E-state index is 0.0106. The predicted octanol–water partition coefficient (Wildman–Crippen LogP) is 4.92. The molecule has 0 amide bonds. The molecule has 7 heteroatoms. The summed E-state index contributed by atoms with van der Waals surface area (Å²) in [5.74, 6) is 1.06. The van der Waals surface area contributed by atoms with Gasteiger partial charge in [0.1, 0.15) is 11.5 Å². The van der Waals surface area contributed by atoms with Crippen molar-refractivity contribution in [2.24, 2.45) is 5.10 Å². The van der Waals surface area contributed by atoms with Gasteiger partial charge in [0.2, 0.25) is 0 Å². The minimum atomic E-state index is -0.0614. The molecular formula is C21H15BrN4O2. The van der Waals surface area contributed by atoms with Crippen LogP contribution < -0.4 is 5.43 Å². The molecule has 1 aromatic heterocycles. The van der Waals surface area contributed by atoms with Crippen LogP contribution in [-0.4, -0.2) is 26.4 Å². The number of aromatic hydroxyl groups is 2. The van der Waals surface area contributed by atoms with E-state index >= 15 is 0 Å². The van der Waals surface area contributed by atoms with E-state index in [0.717, 1.165) is 20.9 Å². The summed E-state index contributed by atoms with van der Waals surface area (Å²) in [7, 11) is 0. The third kappa shape index (κ3) is 3.79. The average Bonchev–Trinajstić information content (AvgIpc) is 2.70. The van der Waals surface area contributed by atoms with Gasteiger partial charge in [0.25, 0.3) is 0 Å². The average molecular weight is 435 g/mol. The van der Waals surface area contributed by atoms with Crippen LogP contribution in [0, 0.1) is 0 Å². The van der Waals surface area contributed by atoms with E-state index in [2.05, 4.69) is 36.4 Å². The van der Waals surface area contributed by atoms with Gasteiger partial charge in [-0.1, -0.05) is 40.2 Å². The third-order valence-corrected chi connectivity index (χ3v) is 4.62. The molecule has 0 unspecified atom stereocenters. The van der Waals surface area contributed by atoms with Crippen LogP contribution in [0.4, 0.5) is 5.82 Å². The molecule has 0 radical (unpaired) electrons. The molecule has 3 N–H and O–H groups in total. The zero-order valence-electron chi connectivity index (χ0n) is 14.5. The second kappa shape index (κ2) is 7.66. The van der Waals surface area contributed by atoms with E-state index in [1.807, 2.05) is 48.5 Å². The maximum absolute atomic E-state index is 9.87. The monoisotopic (exact) mass is 434 g/mol. The van der Waals surface area contributed by atoms with Gasteiger partial charge in [-0.05, 0) is 36.4 Å². The molecule has 3 aromatic carbocycles. The van der Waals surface area contributed by atoms with Crippen molar-refractivity contribution in [2.75, 3.05) is 5.43 Å². The molecule has 0 spiro atoms. The molecule has 28 heavy (non-hydrogen) atoms. The van der Waals surface area contributed by atoms with Gasteiger partial charge in [0.05, 0.1) is 11.7 Å². The molecule has 0 aliphatic rings. The molecule has 0 fully saturated rings. The van der Waals surface area contributed by atoms with Gasteiger partial charge in [0.15, 0.2) is 11.6 Å². The Hall–Kier alpha value is -3.45. The summed E-state index contributed by atoms with van der Waals surface area (Å²) in [6, 6.07) is 19.7. The number of hydrazone groups is 1. The Morgan fingerprint density at radius 2 is 1.71 bits per heavy atom. The maximum Gasteiger partial charge on any atom is 0.162 e. The number of nitrogens with zero attached hydrogens (tertiary/aromatic N) is 3. The number of benzene rings is 3. The van der Waals surface area contributed by atoms with E-state index in [0.29, 0.717) is 17.2 Å². The van der Waals surface area contributed by atoms with Crippen LogP contribution in [0.1, 0.15) is 5.56 Å². The van der Waals surface area contributed by atoms with E-state index in [1.165, 1.54) is 18.3 Å². The topological polar surface area (TPSA) is 90.6 Å². The number of hydrogen-bond donors (Lipinski definition) is 3. The summed E-state index contributed by atoms with van der Waals surface area (Å²) in [6.45, 7) is 0. The number of anilines is 1. The number of halogens is 1. The Bertz CT molecular complexity index is 1180. The van der Waals surface area contributed by atoms with Gasteiger partial charge in [-0.25, -0.2) is 9.97 Å². The first-order valence-corrected chi connectivity index (χ1v) is 9.23. The second-order valence-corrected chi connectivity index (χ2v) is 6.95. The van der Waals surface area contributed by atoms with E-state index < -0.39 is 0 Å². The van der Waals surface area contributed by atoms with E-state index in [1.54, 1.807) is 6.07 Å². The minimum Gasteiger partial charge on any atom is -0.508 e. The number of phenols is 2. The molecule has 0 atom stereocenters. The Morgan fingerprint density at radius 1 is 0.929 bits per heavy atom. The van der Waals surface area contributed by atoms with Crippen LogP contribution in [0.5, 0.6) is 11.5 Å². The lowest BCUT2D eigenvalue weighted by Gasteiger charge is -2.08. The van der Waals surface area contributed by atoms with E-state index in [-0.39, 0.29) is 11.5 Å². The number of aromatic nitrogens is 2. The highest BCUT2D eigenvalue weighted by Gasteiger charge is 2.09. The van der Waals surface area contributed by atoms with Crippen LogP contribution in [0.2, 0.25) is 0 Å². The Balaban J connectivity index is 1.71. The van der Waals surface area contributed by atoms with Crippen molar-refractivity contribution in [3.8, 4) is 22.9 Å². The van der Waals surface area contributed by atoms with Crippen molar-refractivity contribution in [3.63, 3.8) is 0 Å². The fourth-order valence-electron chi connectivity index (χ4n) is 2.69. The molecule has 0 aliphatic heterocycles. The third-order valence-electron chi connectivity index (χ3n) is 4.09. The van der Waals surface area contributed by atoms with Crippen molar-refractivity contribution in [3.05, 3.63) is 76.8 Å². The fraction of sp³-hybridized carbons (Fsp3) is 0. The van der Waals surface area contributed by atoms with Crippen molar-refractivity contribution >= 4 is 38.9 Å². The van der Waals surface area contributed by atoms with Gasteiger partial charge in [-0.2, -0.15) is 5.10 Å². The zero-order chi connectivity index (χ0) is 19.5. The van der Waals surface area contributed by atoms with Crippen LogP contribution in [0.15, 0.2) is 76.3 Å². The molecule has 1 heterocycles. The van der Waals surface area contributed by atoms with Gasteiger partial charge in [-0.15, -0.1) is 0 Å². The summed E-state index contributed by atoms with van der Waals surface area (Å²) >= 11 is 3.43. The van der Waals surface area contributed by atoms with Crippen molar-refractivity contribution in [1.82, 2.24) is 9.97 Å². The number of para-hydroxylation sites is 1. The smallest absolute Gasteiger partial charge is 0.162 e. The summed E-state index contributed by atoms with van der Waals surface area (Å²) in [4.78, 5) is 9.25. The molecule has 0 bridgehead atoms. The lowest BCUT2D eigenvalue weighted by molar-refractivity contribution is 0.450. The molecule has 0 saturated carbocycles. The lowest BCUT2D eigenvalue weighted by Crippen LogP contribution is -1.99. The zero-order valence-corrected chi connectivity index (χ0v) is 16.1. The van der Waals surface area contributed by atoms with Crippen LogP contribution in [0.25, 0.3) is 22.3 Å². The van der Waals surface area contributed by atoms with Gasteiger partial charge in [-0.3, -0.25) is 5.43 Å². The highest BCUT2D eigenvalue weighted by Crippen LogP contribution is 2.26. The standard InChI is InChI=1S/C21H15BrN4O2/c22-15-8-5-13(6-9-15)20-24-18-4-2-1-3-17(18)21(25-20)26-23-12-14-7-10-16(27)11-19(14)28/h1-12,27-28H,(H,24,25,26). The van der Waals surface area contributed by atoms with Crippen LogP contribution in [0.3, 0.4) is 0 Å². The summed E-state index contributed by atoms with van der Waals surface area (Å²) in [5.41, 5.74) is 5.08. The van der Waals surface area contributed by atoms with Gasteiger partial charge >= 0.3 is 0 Å². The Morgan fingerprint density at radius 3 is 2.50 bits per heavy atom. The molecule has 4 rings (SSSR count). The van der Waals surface area contributed by atoms with Crippen molar-refractivity contribution < 1.29 is 10.2 Å². The normalized spacial score (nSPS) is 11.2. The molecule has 138 valence electrons. The highest BCUT2D eigenvalue weighted by atomic mass is 79.9. The van der Waals surface area contributed by atoms with E-state index in [4.69, 9.17) is 0 Å². The number of nitrogens with one attached hydrogen (secondary N) is 1. The van der Waals surface area contributed by atoms with Gasteiger partial charge < -0.3 is 10.2 Å². The predicted molar refractivity (Wildman–Crippen MR) is 114 cm³/mol. The first kappa shape index (κ1) is 17.9. The lowest BCUT2D eigenvalue weighted by atomic mass is 10.2. The summed E-state index contributed by atoms with van der Waals surface area (Å²) in [5, 5.41) is 24.3. The number of fused-ring (bicyclic) bond motifs is 1. The van der Waals surface area contributed by atoms with E-state index in [9.17, 15) is 10.2 Å². The van der Waals surface area contributed by atoms with Crippen LogP contribution >= 0.6 is 15.9 Å². The number of hydrogen-bond acceptors (Lipinski definition) is 6. The number of phenolic OH excluding ortho intramolecular Hbond substituents is 2. The van der Waals surface area contributed by atoms with Crippen molar-refractivity contribution in [1.29, 1.82) is 0 Å². The first-order valence-electron chi connectivity index (χ1n) is 8.44. The first-order chi connectivity index (χ1) is 13.6. The molecule has 0 aliphatic carbocycles. The maximum atomic E-state index is 9.87. The Labute approximate surface area is 169 Å². The molecule has 0 saturated heterocycles. The Kier molecular flexibility index (Phi) is 4.90. The quantitative estimate of drug-likeness (QED) is 0.313. The number of rotatable bonds is 4. The molecular weight excluding hydrogens is 420 g/mol. The SMILES string of the molecule is Oc1ccc(C=NNc2nc(-c3ccc(Br)cc3)nc3ccccc23)c(O)c1. The van der Waals surface area contributed by atoms with Gasteiger partial charge in [0, 0.05) is 27.1 Å². The van der Waals surface area contributed by atoms with Crippen LogP contribution in [-0.2, 0) is 0 Å². The highest BCUT2D eigenvalue weighted by molar-refractivity contribution is 9.10. The molecule has 4 aromatic rings. The molecule has 6 nitrogen and oxygen atoms in total.